The van der Waals surface area contributed by atoms with E-state index in [-0.39, 0.29) is 31.2 Å². The molecule has 2 heterocycles. The fourth-order valence-corrected chi connectivity index (χ4v) is 5.49. The van der Waals surface area contributed by atoms with Crippen molar-refractivity contribution in [1.82, 2.24) is 10.2 Å². The molecule has 1 amide bonds. The van der Waals surface area contributed by atoms with Crippen LogP contribution in [0.25, 0.3) is 0 Å². The number of methoxy groups -OCH3 is 1. The molecule has 0 unspecified atom stereocenters. The number of nitrogens with one attached hydrogen (secondary N) is 1. The first-order valence-corrected chi connectivity index (χ1v) is 12.0. The number of carbonyl (C=O) groups is 2. The summed E-state index contributed by atoms with van der Waals surface area (Å²) in [6.07, 6.45) is 2.18. The van der Waals surface area contributed by atoms with Crippen LogP contribution in [0.5, 0.6) is 17.2 Å². The van der Waals surface area contributed by atoms with Gasteiger partial charge in [-0.1, -0.05) is 31.0 Å². The normalized spacial score (nSPS) is 23.9. The predicted molar refractivity (Wildman–Crippen MR) is 126 cm³/mol. The number of ether oxygens (including phenoxy) is 4. The van der Waals surface area contributed by atoms with Crippen molar-refractivity contribution in [2.75, 3.05) is 27.0 Å². The molecule has 9 heteroatoms. The number of hydrogen-bond acceptors (Lipinski definition) is 7. The van der Waals surface area contributed by atoms with Gasteiger partial charge in [-0.15, -0.1) is 0 Å². The smallest absolute Gasteiger partial charge is 0.497 e. The van der Waals surface area contributed by atoms with Crippen molar-refractivity contribution in [2.24, 2.45) is 0 Å². The van der Waals surface area contributed by atoms with Gasteiger partial charge in [0.25, 0.3) is 0 Å². The molecule has 9 nitrogen and oxygen atoms in total. The van der Waals surface area contributed by atoms with Gasteiger partial charge in [-0.3, -0.25) is 9.69 Å². The maximum Gasteiger partial charge on any atom is 0.506 e. The Bertz CT molecular complexity index is 1070. The van der Waals surface area contributed by atoms with E-state index in [9.17, 15) is 14.7 Å². The van der Waals surface area contributed by atoms with Gasteiger partial charge < -0.3 is 29.4 Å². The average Bonchev–Trinajstić information content (AvgIpc) is 3.59. The summed E-state index contributed by atoms with van der Waals surface area (Å²) in [6, 6.07) is 12.8. The molecule has 3 aliphatic rings. The van der Waals surface area contributed by atoms with E-state index in [1.165, 1.54) is 0 Å². The van der Waals surface area contributed by atoms with Gasteiger partial charge in [0, 0.05) is 18.5 Å². The fourth-order valence-electron chi connectivity index (χ4n) is 5.49. The zero-order valence-electron chi connectivity index (χ0n) is 19.6. The molecule has 0 bridgehead atoms. The molecular formula is C26H30N2O7. The molecule has 2 N–H and O–H groups in total. The van der Waals surface area contributed by atoms with E-state index in [4.69, 9.17) is 18.9 Å². The molecule has 1 saturated carbocycles. The summed E-state index contributed by atoms with van der Waals surface area (Å²) in [5.41, 5.74) is 1.73. The van der Waals surface area contributed by atoms with Crippen LogP contribution in [0.1, 0.15) is 48.8 Å². The fraction of sp³-hybridized carbons (Fsp3) is 0.462. The minimum absolute atomic E-state index is 0.0594. The molecule has 2 aromatic rings. The highest BCUT2D eigenvalue weighted by Gasteiger charge is 2.47. The molecular weight excluding hydrogens is 452 g/mol. The minimum atomic E-state index is -1.35. The van der Waals surface area contributed by atoms with Gasteiger partial charge in [-0.2, -0.15) is 0 Å². The van der Waals surface area contributed by atoms with Crippen molar-refractivity contribution in [3.63, 3.8) is 0 Å². The third-order valence-electron chi connectivity index (χ3n) is 7.12. The molecule has 2 fully saturated rings. The molecule has 5 rings (SSSR count). The van der Waals surface area contributed by atoms with Crippen LogP contribution in [-0.2, 0) is 9.53 Å². The van der Waals surface area contributed by atoms with Crippen LogP contribution in [0.2, 0.25) is 0 Å². The largest absolute Gasteiger partial charge is 0.506 e. The van der Waals surface area contributed by atoms with Crippen molar-refractivity contribution in [3.8, 4) is 17.2 Å². The molecule has 2 aliphatic heterocycles. The van der Waals surface area contributed by atoms with E-state index in [0.717, 1.165) is 36.8 Å². The predicted octanol–water partition coefficient (Wildman–Crippen LogP) is 3.69. The zero-order valence-corrected chi connectivity index (χ0v) is 19.6. The Labute approximate surface area is 203 Å². The average molecular weight is 483 g/mol. The van der Waals surface area contributed by atoms with Crippen molar-refractivity contribution in [3.05, 3.63) is 53.6 Å². The highest BCUT2D eigenvalue weighted by atomic mass is 16.7. The lowest BCUT2D eigenvalue weighted by molar-refractivity contribution is -0.123. The first kappa shape index (κ1) is 23.3. The van der Waals surface area contributed by atoms with Gasteiger partial charge in [-0.25, -0.2) is 4.79 Å². The van der Waals surface area contributed by atoms with Crippen molar-refractivity contribution in [1.29, 1.82) is 0 Å². The Hall–Kier alpha value is -3.46. The monoisotopic (exact) mass is 482 g/mol. The topological polar surface area (TPSA) is 107 Å². The molecule has 3 atom stereocenters. The third kappa shape index (κ3) is 5.00. The lowest BCUT2D eigenvalue weighted by Crippen LogP contribution is -2.42. The second-order valence-electron chi connectivity index (χ2n) is 9.26. The number of carboxylic acid groups (broad SMARTS) is 1. The van der Waals surface area contributed by atoms with Crippen molar-refractivity contribution in [2.45, 2.75) is 49.8 Å². The van der Waals surface area contributed by atoms with E-state index in [1.54, 1.807) is 7.11 Å². The number of hydrogen-bond donors (Lipinski definition) is 2. The molecule has 0 radical (unpaired) electrons. The van der Waals surface area contributed by atoms with E-state index in [0.29, 0.717) is 23.8 Å². The van der Waals surface area contributed by atoms with Gasteiger partial charge in [0.05, 0.1) is 19.7 Å². The highest BCUT2D eigenvalue weighted by Crippen LogP contribution is 2.45. The second kappa shape index (κ2) is 10.0. The van der Waals surface area contributed by atoms with Crippen molar-refractivity contribution < 1.29 is 33.6 Å². The van der Waals surface area contributed by atoms with Crippen LogP contribution in [0.3, 0.4) is 0 Å². The van der Waals surface area contributed by atoms with Crippen LogP contribution in [-0.4, -0.2) is 61.2 Å². The van der Waals surface area contributed by atoms with E-state index in [1.807, 2.05) is 47.4 Å². The number of nitrogens with zero attached hydrogens (tertiary/aromatic N) is 1. The summed E-state index contributed by atoms with van der Waals surface area (Å²) >= 11 is 0. The molecule has 2 aromatic carbocycles. The molecule has 1 aliphatic carbocycles. The Morgan fingerprint density at radius 3 is 2.49 bits per heavy atom. The number of rotatable bonds is 7. The lowest BCUT2D eigenvalue weighted by atomic mass is 9.90. The first-order valence-electron chi connectivity index (χ1n) is 12.0. The number of benzene rings is 2. The number of likely N-dealkylation sites (tertiary alicyclic amines) is 1. The Kier molecular flexibility index (Phi) is 6.68. The van der Waals surface area contributed by atoms with Crippen LogP contribution in [0.15, 0.2) is 42.5 Å². The van der Waals surface area contributed by atoms with Crippen LogP contribution in [0.4, 0.5) is 4.79 Å². The minimum Gasteiger partial charge on any atom is -0.497 e. The Morgan fingerprint density at radius 1 is 1.06 bits per heavy atom. The number of fused-ring (bicyclic) bond motifs is 1. The van der Waals surface area contributed by atoms with Crippen LogP contribution < -0.4 is 19.5 Å². The summed E-state index contributed by atoms with van der Waals surface area (Å²) in [7, 11) is 1.59. The van der Waals surface area contributed by atoms with Crippen LogP contribution in [0, 0.1) is 0 Å². The summed E-state index contributed by atoms with van der Waals surface area (Å²) < 4.78 is 21.8. The Morgan fingerprint density at radius 2 is 1.77 bits per heavy atom. The van der Waals surface area contributed by atoms with E-state index in [2.05, 4.69) is 5.32 Å². The standard InChI is InChI=1S/C26H30N2O7/c1-32-19-9-6-16(7-10-19)24-25(35-26(30)31)20(17-8-11-21-22(12-17)34-15-33-21)13-28(24)14-23(29)27-18-4-2-3-5-18/h6-12,18,20,24-25H,2-5,13-15H2,1H3,(H,27,29)(H,30,31)/t20-,24-,25+/m1/s1. The maximum absolute atomic E-state index is 13.0. The molecule has 1 saturated heterocycles. The number of amides is 1. The molecule has 186 valence electrons. The molecule has 0 spiro atoms. The van der Waals surface area contributed by atoms with Gasteiger partial charge >= 0.3 is 6.16 Å². The maximum atomic E-state index is 13.0. The van der Waals surface area contributed by atoms with Gasteiger partial charge in [-0.05, 0) is 48.2 Å². The summed E-state index contributed by atoms with van der Waals surface area (Å²) in [5.74, 6) is 1.61. The van der Waals surface area contributed by atoms with Crippen LogP contribution >= 0.6 is 0 Å². The lowest BCUT2D eigenvalue weighted by Gasteiger charge is -2.28. The second-order valence-corrected chi connectivity index (χ2v) is 9.26. The zero-order chi connectivity index (χ0) is 24.4. The number of carbonyl (C=O) groups excluding carboxylic acids is 1. The first-order chi connectivity index (χ1) is 17.0. The van der Waals surface area contributed by atoms with E-state index >= 15 is 0 Å². The SMILES string of the molecule is COc1ccc([C@@H]2[C@@H](OC(=O)O)[C@@H](c3ccc4c(c3)OCO4)CN2CC(=O)NC2CCCC2)cc1. The highest BCUT2D eigenvalue weighted by molar-refractivity contribution is 5.78. The summed E-state index contributed by atoms with van der Waals surface area (Å²) in [6.45, 7) is 0.751. The summed E-state index contributed by atoms with van der Waals surface area (Å²) in [4.78, 5) is 26.8. The van der Waals surface area contributed by atoms with E-state index < -0.39 is 18.3 Å². The quantitative estimate of drug-likeness (QED) is 0.576. The summed E-state index contributed by atoms with van der Waals surface area (Å²) in [5, 5.41) is 12.8. The van der Waals surface area contributed by atoms with Crippen molar-refractivity contribution >= 4 is 12.1 Å². The van der Waals surface area contributed by atoms with Gasteiger partial charge in [0.2, 0.25) is 12.7 Å². The molecule has 0 aromatic heterocycles. The van der Waals surface area contributed by atoms with Gasteiger partial charge in [0.1, 0.15) is 11.9 Å². The molecule has 35 heavy (non-hydrogen) atoms. The third-order valence-corrected chi connectivity index (χ3v) is 7.12. The van der Waals surface area contributed by atoms with Gasteiger partial charge in [0.15, 0.2) is 11.5 Å². The Balaban J connectivity index is 1.47.